The lowest BCUT2D eigenvalue weighted by atomic mass is 9.71. The van der Waals surface area contributed by atoms with Crippen LogP contribution >= 0.6 is 0 Å². The molecule has 0 amide bonds. The molecule has 136 heavy (non-hydrogen) atoms. The van der Waals surface area contributed by atoms with Crippen molar-refractivity contribution in [1.29, 1.82) is 0 Å². The Morgan fingerprint density at radius 3 is 0.684 bits per heavy atom. The third-order valence-electron chi connectivity index (χ3n) is 29.6. The average Bonchev–Trinajstić information content (AvgIpc) is 0.805. The van der Waals surface area contributed by atoms with Gasteiger partial charge in [-0.2, -0.15) is 33.7 Å². The lowest BCUT2D eigenvalue weighted by molar-refractivity contribution is 0.411. The fourth-order valence-corrected chi connectivity index (χ4v) is 23.0. The molecular formula is C120H138O12S4. The molecule has 12 atom stereocenters. The normalized spacial score (nSPS) is 14.9. The number of hydrogen-bond acceptors (Lipinski definition) is 8. The molecule has 0 aliphatic heterocycles. The molecule has 0 saturated heterocycles. The maximum atomic E-state index is 12.5. The topological polar surface area (TPSA) is 217 Å². The molecule has 13 aromatic carbocycles. The zero-order valence-electron chi connectivity index (χ0n) is 80.8. The molecule has 12 unspecified atom stereocenters. The molecule has 0 heterocycles. The summed E-state index contributed by atoms with van der Waals surface area (Å²) < 4.78 is 138. The van der Waals surface area contributed by atoms with Crippen LogP contribution in [0.2, 0.25) is 0 Å². The van der Waals surface area contributed by atoms with Crippen molar-refractivity contribution in [2.75, 3.05) is 0 Å². The van der Waals surface area contributed by atoms with E-state index < -0.39 is 40.5 Å². The lowest BCUT2D eigenvalue weighted by Gasteiger charge is -2.33. The predicted octanol–water partition coefficient (Wildman–Crippen LogP) is 30.3. The second kappa shape index (κ2) is 47.7. The highest BCUT2D eigenvalue weighted by molar-refractivity contribution is 7.86. The molecule has 0 radical (unpaired) electrons. The van der Waals surface area contributed by atoms with E-state index in [1.54, 1.807) is 36.4 Å². The Morgan fingerprint density at radius 1 is 0.206 bits per heavy atom. The molecule has 13 rings (SSSR count). The van der Waals surface area contributed by atoms with E-state index in [0.717, 1.165) is 151 Å². The van der Waals surface area contributed by atoms with E-state index in [4.69, 9.17) is 0 Å². The fraction of sp³-hybridized carbons (Fsp3) is 0.350. The predicted molar refractivity (Wildman–Crippen MR) is 556 cm³/mol. The Kier molecular flexibility index (Phi) is 36.1. The van der Waals surface area contributed by atoms with Gasteiger partial charge in [-0.25, -0.2) is 0 Å². The summed E-state index contributed by atoms with van der Waals surface area (Å²) in [6.07, 6.45) is 17.4. The van der Waals surface area contributed by atoms with Crippen molar-refractivity contribution in [2.45, 2.75) is 288 Å². The van der Waals surface area contributed by atoms with Crippen LogP contribution in [0.1, 0.15) is 346 Å². The first-order chi connectivity index (χ1) is 65.3. The van der Waals surface area contributed by atoms with Crippen LogP contribution in [-0.2, 0) is 79.0 Å². The second-order valence-corrected chi connectivity index (χ2v) is 44.0. The summed E-state index contributed by atoms with van der Waals surface area (Å²) in [6, 6.07) is 109. The minimum Gasteiger partial charge on any atom is -0.282 e. The molecule has 0 fully saturated rings. The molecule has 714 valence electrons. The summed E-state index contributed by atoms with van der Waals surface area (Å²) in [5.41, 5.74) is 26.6. The fourth-order valence-electron chi connectivity index (χ4n) is 21.1. The van der Waals surface area contributed by atoms with Gasteiger partial charge in [-0.3, -0.25) is 18.2 Å². The molecule has 0 spiro atoms. The molecule has 0 aliphatic rings. The first-order valence-electron chi connectivity index (χ1n) is 49.3. The van der Waals surface area contributed by atoms with Gasteiger partial charge < -0.3 is 0 Å². The zero-order chi connectivity index (χ0) is 96.9. The maximum Gasteiger partial charge on any atom is 0.294 e. The van der Waals surface area contributed by atoms with Crippen LogP contribution in [0, 0.1) is 6.92 Å². The van der Waals surface area contributed by atoms with E-state index in [0.29, 0.717) is 0 Å². The van der Waals surface area contributed by atoms with Gasteiger partial charge in [0.05, 0.1) is 19.6 Å². The average molecular weight is 1900 g/mol. The minimum atomic E-state index is -4.42. The van der Waals surface area contributed by atoms with Crippen LogP contribution in [0.25, 0.3) is 0 Å². The summed E-state index contributed by atoms with van der Waals surface area (Å²) in [7, 11) is -17.5. The smallest absolute Gasteiger partial charge is 0.282 e. The highest BCUT2D eigenvalue weighted by Gasteiger charge is 2.33. The summed E-state index contributed by atoms with van der Waals surface area (Å²) in [5, 5.41) is 0. The minimum absolute atomic E-state index is 0.0401. The number of benzene rings is 13. The number of hydrogen-bond donors (Lipinski definition) is 4. The van der Waals surface area contributed by atoms with Gasteiger partial charge in [0.2, 0.25) is 0 Å². The highest BCUT2D eigenvalue weighted by Crippen LogP contribution is 2.49. The SMILES string of the molecule is CCc1ccc(C(CC)CC(CC(CC(CC)c2ccc(Cc3ccc(CCC(CC)c4ccc(S(=O)(=O)O)cc4)cc3)cc2)c2ccc(Cc3ccc(C(C)CC(CC(CC)c4ccc(Cc5ccc(C(CC(CC(CC)c6ccc(C)cc6)c6ccc(S(=O)(=O)O)cc6)C(CC)c6ccc(CC)cc6)cc5)cc4)c4ccc(S(=O)(=O)O)cc4)cc3)cc2)c2ccc(S(=O)(=O)O)cc2)cc1. The van der Waals surface area contributed by atoms with E-state index in [-0.39, 0.29) is 90.6 Å². The van der Waals surface area contributed by atoms with Crippen molar-refractivity contribution in [3.63, 3.8) is 0 Å². The van der Waals surface area contributed by atoms with Crippen molar-refractivity contribution >= 4 is 40.5 Å². The van der Waals surface area contributed by atoms with Crippen molar-refractivity contribution in [3.05, 3.63) is 438 Å². The van der Waals surface area contributed by atoms with E-state index in [1.165, 1.54) is 124 Å². The largest absolute Gasteiger partial charge is 0.294 e. The highest BCUT2D eigenvalue weighted by atomic mass is 32.2. The third kappa shape index (κ3) is 28.2. The third-order valence-corrected chi connectivity index (χ3v) is 33.0. The molecule has 4 N–H and O–H groups in total. The maximum absolute atomic E-state index is 12.5. The van der Waals surface area contributed by atoms with E-state index in [1.807, 2.05) is 36.4 Å². The van der Waals surface area contributed by atoms with Crippen LogP contribution in [0.3, 0.4) is 0 Å². The molecule has 13 aromatic rings. The molecule has 12 nitrogen and oxygen atoms in total. The monoisotopic (exact) mass is 1900 g/mol. The van der Waals surface area contributed by atoms with Crippen molar-refractivity contribution in [3.8, 4) is 0 Å². The number of rotatable bonds is 48. The summed E-state index contributed by atoms with van der Waals surface area (Å²) in [6.45, 7) is 22.2. The Labute approximate surface area is 812 Å². The second-order valence-electron chi connectivity index (χ2n) is 38.4. The first kappa shape index (κ1) is 103. The molecule has 0 aromatic heterocycles. The Morgan fingerprint density at radius 2 is 0.412 bits per heavy atom. The Hall–Kier alpha value is -10.5. The summed E-state index contributed by atoms with van der Waals surface area (Å²) in [4.78, 5) is -0.460. The van der Waals surface area contributed by atoms with E-state index >= 15 is 0 Å². The Bertz CT molecular complexity index is 6440. The quantitative estimate of drug-likeness (QED) is 0.0262. The summed E-state index contributed by atoms with van der Waals surface area (Å²) >= 11 is 0. The molecular weight excluding hydrogens is 1760 g/mol. The van der Waals surface area contributed by atoms with Crippen LogP contribution in [0.15, 0.2) is 335 Å². The molecule has 16 heteroatoms. The van der Waals surface area contributed by atoms with Gasteiger partial charge in [0, 0.05) is 0 Å². The van der Waals surface area contributed by atoms with Gasteiger partial charge in [0.15, 0.2) is 0 Å². The van der Waals surface area contributed by atoms with Gasteiger partial charge in [-0.05, 0) is 372 Å². The standard InChI is InChI=1S/C120H138O12S4/c1-11-85-25-45-102(46-26-85)96(15-5)79-113(107-61-69-117(70-62-107)135(127,128)129)81-112(78-97(16-6)104-49-32-90(33-50-104)74-88-23-21-87(22-24-88)29-42-94(13-3)100-57-65-115(66-58-100)133(121,122)123)105-51-36-92(37-52-105)75-89-30-43-99(44-31-89)84(10)73-111(106-59-67-116(68-60-106)134(124,125)126)77-95(14-4)103-47-34-91(35-48-103)76-93-38-55-110(56-39-93)120(119(18-8)109-53-27-86(12-2)28-54-109)82-114(108-63-71-118(72-64-108)136(130,131)132)80-98(17-7)101-40-19-83(9)20-41-101/h19-28,30-41,43-72,84,94-98,111-114,119-120H,11-18,29,42,73-82H2,1-10H3,(H,121,122,123)(H,124,125,126)(H,127,128,129)(H,130,131,132). The van der Waals surface area contributed by atoms with E-state index in [9.17, 15) is 51.9 Å². The van der Waals surface area contributed by atoms with Gasteiger partial charge in [-0.1, -0.05) is 335 Å². The molecule has 0 saturated carbocycles. The van der Waals surface area contributed by atoms with E-state index in [2.05, 4.69) is 288 Å². The van der Waals surface area contributed by atoms with Crippen molar-refractivity contribution < 1.29 is 51.9 Å². The van der Waals surface area contributed by atoms with Crippen LogP contribution in [0.4, 0.5) is 0 Å². The van der Waals surface area contributed by atoms with Gasteiger partial charge in [0.1, 0.15) is 0 Å². The first-order valence-corrected chi connectivity index (χ1v) is 55.1. The van der Waals surface area contributed by atoms with Gasteiger partial charge in [-0.15, -0.1) is 0 Å². The summed E-state index contributed by atoms with van der Waals surface area (Å²) in [5.74, 6) is 1.90. The van der Waals surface area contributed by atoms with Crippen LogP contribution in [-0.4, -0.2) is 51.9 Å². The zero-order valence-corrected chi connectivity index (χ0v) is 84.0. The van der Waals surface area contributed by atoms with Crippen LogP contribution in [0.5, 0.6) is 0 Å². The van der Waals surface area contributed by atoms with Gasteiger partial charge >= 0.3 is 0 Å². The Balaban J connectivity index is 0.708. The molecule has 0 bridgehead atoms. The molecule has 0 aliphatic carbocycles. The van der Waals surface area contributed by atoms with Crippen molar-refractivity contribution in [1.82, 2.24) is 0 Å². The van der Waals surface area contributed by atoms with Crippen molar-refractivity contribution in [2.24, 2.45) is 0 Å². The number of aryl methyl sites for hydroxylation is 4. The van der Waals surface area contributed by atoms with Crippen LogP contribution < -0.4 is 0 Å². The lowest BCUT2D eigenvalue weighted by Crippen LogP contribution is -2.17. The van der Waals surface area contributed by atoms with Gasteiger partial charge in [0.25, 0.3) is 40.5 Å².